The Morgan fingerprint density at radius 2 is 1.27 bits per heavy atom. The van der Waals surface area contributed by atoms with Gasteiger partial charge >= 0.3 is 0 Å². The molecule has 0 bridgehead atoms. The topological polar surface area (TPSA) is 91.5 Å². The number of aryl methyl sites for hydroxylation is 4. The van der Waals surface area contributed by atoms with Gasteiger partial charge in [0.1, 0.15) is 28.4 Å². The van der Waals surface area contributed by atoms with E-state index in [0.29, 0.717) is 27.8 Å². The number of aliphatic hydroxyl groups excluding tert-OH is 1. The van der Waals surface area contributed by atoms with Crippen LogP contribution >= 0.6 is 31.9 Å². The molecule has 15 heteroatoms. The fraction of sp³-hybridized carbons (Fsp3) is 0.455. The van der Waals surface area contributed by atoms with Gasteiger partial charge in [0.15, 0.2) is 0 Å². The van der Waals surface area contributed by atoms with Gasteiger partial charge in [-0.25, -0.2) is 17.6 Å². The van der Waals surface area contributed by atoms with Gasteiger partial charge in [-0.3, -0.25) is 18.7 Å². The highest BCUT2D eigenvalue weighted by atomic mass is 79.9. The lowest BCUT2D eigenvalue weighted by Crippen LogP contribution is -2.06. The Kier molecular flexibility index (Phi) is 9.69. The number of aliphatic hydroxyl groups is 1. The largest absolute Gasteiger partial charge is 0.383 e. The molecule has 0 spiro atoms. The van der Waals surface area contributed by atoms with E-state index < -0.39 is 25.5 Å². The fourth-order valence-corrected chi connectivity index (χ4v) is 4.73. The first kappa shape index (κ1) is 29.0. The van der Waals surface area contributed by atoms with Crippen molar-refractivity contribution in [2.45, 2.75) is 52.3 Å². The molecule has 0 amide bonds. The molecule has 0 radical (unpaired) electrons. The highest BCUT2D eigenvalue weighted by Gasteiger charge is 2.21. The van der Waals surface area contributed by atoms with Crippen molar-refractivity contribution in [2.24, 2.45) is 14.1 Å². The van der Waals surface area contributed by atoms with Crippen LogP contribution in [0.3, 0.4) is 0 Å². The second-order valence-corrected chi connectivity index (χ2v) is 9.89. The van der Waals surface area contributed by atoms with Gasteiger partial charge in [0.2, 0.25) is 0 Å². The fourth-order valence-electron chi connectivity index (χ4n) is 3.67. The summed E-state index contributed by atoms with van der Waals surface area (Å²) in [6, 6.07) is 0. The summed E-state index contributed by atoms with van der Waals surface area (Å²) in [5, 5.41) is 26.6. The van der Waals surface area contributed by atoms with Crippen LogP contribution in [0.5, 0.6) is 0 Å². The molecule has 0 saturated heterocycles. The van der Waals surface area contributed by atoms with Gasteiger partial charge in [-0.1, -0.05) is 0 Å². The minimum absolute atomic E-state index is 0.366. The zero-order chi connectivity index (χ0) is 27.4. The molecule has 9 nitrogen and oxygen atoms in total. The molecule has 0 fully saturated rings. The van der Waals surface area contributed by atoms with E-state index >= 15 is 0 Å². The lowest BCUT2D eigenvalue weighted by Gasteiger charge is -2.07. The van der Waals surface area contributed by atoms with Crippen molar-refractivity contribution in [1.29, 1.82) is 0 Å². The molecule has 0 aromatic carbocycles. The third kappa shape index (κ3) is 7.74. The van der Waals surface area contributed by atoms with Gasteiger partial charge < -0.3 is 5.11 Å². The summed E-state index contributed by atoms with van der Waals surface area (Å²) in [4.78, 5) is 0. The summed E-state index contributed by atoms with van der Waals surface area (Å²) in [6.07, 6.45) is 1.48. The average molecular weight is 654 g/mol. The van der Waals surface area contributed by atoms with Crippen molar-refractivity contribution in [3.8, 4) is 0 Å². The molecule has 1 unspecified atom stereocenters. The van der Waals surface area contributed by atoms with Crippen molar-refractivity contribution in [3.05, 3.63) is 67.6 Å². The number of halogens is 6. The van der Waals surface area contributed by atoms with Gasteiger partial charge in [-0.05, 0) is 51.3 Å². The van der Waals surface area contributed by atoms with Gasteiger partial charge in [0.05, 0.1) is 11.4 Å². The van der Waals surface area contributed by atoms with E-state index in [0.717, 1.165) is 26.1 Å². The van der Waals surface area contributed by atoms with Crippen LogP contribution in [0.4, 0.5) is 17.6 Å². The number of hydrogen-bond donors (Lipinski definition) is 1. The van der Waals surface area contributed by atoms with Crippen LogP contribution in [-0.4, -0.2) is 57.1 Å². The summed E-state index contributed by atoms with van der Waals surface area (Å²) in [5.74, 6) is 0. The molecule has 0 aliphatic heterocycles. The summed E-state index contributed by atoms with van der Waals surface area (Å²) in [6.45, 7) is 2.64. The maximum absolute atomic E-state index is 12.3. The van der Waals surface area contributed by atoms with Crippen LogP contribution < -0.4 is 0 Å². The normalized spacial score (nSPS) is 12.4. The molecule has 4 rings (SSSR count). The summed E-state index contributed by atoms with van der Waals surface area (Å²) >= 11 is 6.61. The average Bonchev–Trinajstić information content (AvgIpc) is 3.49. The molecule has 4 aromatic rings. The Labute approximate surface area is 227 Å². The summed E-state index contributed by atoms with van der Waals surface area (Å²) in [7, 11) is 3.56. The Morgan fingerprint density at radius 3 is 1.78 bits per heavy atom. The van der Waals surface area contributed by atoms with Crippen molar-refractivity contribution >= 4 is 31.9 Å². The van der Waals surface area contributed by atoms with Crippen LogP contribution in [0.25, 0.3) is 0 Å². The van der Waals surface area contributed by atoms with E-state index in [9.17, 15) is 22.7 Å². The van der Waals surface area contributed by atoms with Crippen LogP contribution in [-0.2, 0) is 33.6 Å². The van der Waals surface area contributed by atoms with Crippen LogP contribution in [0.15, 0.2) is 34.0 Å². The maximum Gasteiger partial charge on any atom is 0.257 e. The quantitative estimate of drug-likeness (QED) is 0.281. The lowest BCUT2D eigenvalue weighted by molar-refractivity contribution is 0.121. The highest BCUT2D eigenvalue weighted by Crippen LogP contribution is 2.29. The Balaban J connectivity index is 0.000000206. The molecule has 4 heterocycles. The number of alkyl halides is 4. The Morgan fingerprint density at radius 1 is 0.730 bits per heavy atom. The predicted molar refractivity (Wildman–Crippen MR) is 135 cm³/mol. The standard InChI is InChI=1S/C11H13BrF2N4O.C11H13BrF2N4/c1-6-7(4-18(15-6)5-9(13)14)10(19)8-3-17(2)16-11(8)12;1-7-8(5-18(15-7)6-10(13)14)3-9-4-17(2)16-11(9)12/h3-4,9-10,19H,5H2,1-2H3;4-5,10H,3,6H2,1-2H3. The smallest absolute Gasteiger partial charge is 0.257 e. The minimum atomic E-state index is -2.48. The second-order valence-electron chi connectivity index (χ2n) is 8.38. The van der Waals surface area contributed by atoms with Gasteiger partial charge in [0.25, 0.3) is 12.9 Å². The molecule has 1 N–H and O–H groups in total. The first-order chi connectivity index (χ1) is 17.3. The van der Waals surface area contributed by atoms with E-state index in [2.05, 4.69) is 52.3 Å². The number of hydrogen-bond acceptors (Lipinski definition) is 5. The molecule has 4 aromatic heterocycles. The third-order valence-electron chi connectivity index (χ3n) is 5.32. The minimum Gasteiger partial charge on any atom is -0.383 e. The monoisotopic (exact) mass is 652 g/mol. The van der Waals surface area contributed by atoms with Gasteiger partial charge in [-0.15, -0.1) is 0 Å². The van der Waals surface area contributed by atoms with E-state index in [1.54, 1.807) is 35.7 Å². The molecular weight excluding hydrogens is 628 g/mol. The first-order valence-corrected chi connectivity index (χ1v) is 12.6. The van der Waals surface area contributed by atoms with Crippen molar-refractivity contribution < 1.29 is 22.7 Å². The Hall–Kier alpha value is -2.52. The predicted octanol–water partition coefficient (Wildman–Crippen LogP) is 4.58. The second kappa shape index (κ2) is 12.3. The third-order valence-corrected chi connectivity index (χ3v) is 6.60. The van der Waals surface area contributed by atoms with E-state index in [4.69, 9.17) is 0 Å². The van der Waals surface area contributed by atoms with Crippen molar-refractivity contribution in [2.75, 3.05) is 0 Å². The highest BCUT2D eigenvalue weighted by molar-refractivity contribution is 9.10. The zero-order valence-corrected chi connectivity index (χ0v) is 23.6. The molecule has 0 aliphatic carbocycles. The van der Waals surface area contributed by atoms with Gasteiger partial charge in [0, 0.05) is 62.0 Å². The molecule has 0 saturated carbocycles. The number of aromatic nitrogens is 8. The lowest BCUT2D eigenvalue weighted by atomic mass is 10.1. The van der Waals surface area contributed by atoms with Crippen molar-refractivity contribution in [3.63, 3.8) is 0 Å². The summed E-state index contributed by atoms with van der Waals surface area (Å²) < 4.78 is 56.1. The maximum atomic E-state index is 12.3. The van der Waals surface area contributed by atoms with Crippen LogP contribution in [0.2, 0.25) is 0 Å². The SMILES string of the molecule is Cc1nn(CC(F)F)cc1C(O)c1cn(C)nc1Br.Cc1nn(CC(F)F)cc1Cc1cn(C)nc1Br. The zero-order valence-electron chi connectivity index (χ0n) is 20.5. The first-order valence-electron chi connectivity index (χ1n) is 11.0. The van der Waals surface area contributed by atoms with E-state index in [1.807, 2.05) is 20.2 Å². The molecule has 1 atom stereocenters. The van der Waals surface area contributed by atoms with E-state index in [-0.39, 0.29) is 6.54 Å². The van der Waals surface area contributed by atoms with E-state index in [1.165, 1.54) is 10.9 Å². The van der Waals surface area contributed by atoms with Crippen LogP contribution in [0.1, 0.15) is 39.7 Å². The molecular formula is C22H26Br2F4N8O. The Bertz CT molecular complexity index is 1330. The number of rotatable bonds is 8. The molecule has 0 aliphatic rings. The van der Waals surface area contributed by atoms with Crippen LogP contribution in [0, 0.1) is 13.8 Å². The van der Waals surface area contributed by atoms with Crippen molar-refractivity contribution in [1.82, 2.24) is 39.1 Å². The molecule has 202 valence electrons. The van der Waals surface area contributed by atoms with Gasteiger partial charge in [-0.2, -0.15) is 20.4 Å². The summed E-state index contributed by atoms with van der Waals surface area (Å²) in [5.41, 5.74) is 4.30. The number of nitrogens with zero attached hydrogens (tertiary/aromatic N) is 8. The molecule has 37 heavy (non-hydrogen) atoms.